The van der Waals surface area contributed by atoms with Gasteiger partial charge in [-0.25, -0.2) is 0 Å². The average molecular weight is 260 g/mol. The molecule has 3 nitrogen and oxygen atoms in total. The standard InChI is InChI=1S/C16H24N2O/c1-16(2)9-5-8-14(16)15(19)18-11-13-7-4-3-6-12(13)10-17/h3-4,6-7,14H,5,8-11,17H2,1-2H3,(H,18,19). The largest absolute Gasteiger partial charge is 0.352 e. The molecule has 1 unspecified atom stereocenters. The van der Waals surface area contributed by atoms with Crippen LogP contribution < -0.4 is 11.1 Å². The molecule has 0 aliphatic heterocycles. The first-order chi connectivity index (χ1) is 9.04. The predicted octanol–water partition coefficient (Wildman–Crippen LogP) is 2.59. The van der Waals surface area contributed by atoms with Crippen molar-refractivity contribution in [1.29, 1.82) is 0 Å². The normalized spacial score (nSPS) is 21.3. The highest BCUT2D eigenvalue weighted by Gasteiger charge is 2.38. The monoisotopic (exact) mass is 260 g/mol. The summed E-state index contributed by atoms with van der Waals surface area (Å²) in [7, 11) is 0. The van der Waals surface area contributed by atoms with E-state index in [2.05, 4.69) is 19.2 Å². The molecular formula is C16H24N2O. The first-order valence-electron chi connectivity index (χ1n) is 7.09. The zero-order chi connectivity index (χ0) is 13.9. The Kier molecular flexibility index (Phi) is 4.25. The van der Waals surface area contributed by atoms with Crippen LogP contribution >= 0.6 is 0 Å². The summed E-state index contributed by atoms with van der Waals surface area (Å²) in [4.78, 5) is 12.3. The van der Waals surface area contributed by atoms with Crippen molar-refractivity contribution in [1.82, 2.24) is 5.32 Å². The van der Waals surface area contributed by atoms with Gasteiger partial charge in [0.15, 0.2) is 0 Å². The highest BCUT2D eigenvalue weighted by molar-refractivity contribution is 5.79. The molecule has 0 spiro atoms. The van der Waals surface area contributed by atoms with E-state index in [1.165, 1.54) is 0 Å². The summed E-state index contributed by atoms with van der Waals surface area (Å²) in [5.41, 5.74) is 8.07. The highest BCUT2D eigenvalue weighted by atomic mass is 16.1. The van der Waals surface area contributed by atoms with Crippen molar-refractivity contribution in [3.8, 4) is 0 Å². The molecule has 104 valence electrons. The van der Waals surface area contributed by atoms with Crippen molar-refractivity contribution in [3.05, 3.63) is 35.4 Å². The highest BCUT2D eigenvalue weighted by Crippen LogP contribution is 2.42. The second-order valence-corrected chi connectivity index (χ2v) is 6.12. The fraction of sp³-hybridized carbons (Fsp3) is 0.562. The van der Waals surface area contributed by atoms with Crippen molar-refractivity contribution in [2.45, 2.75) is 46.2 Å². The molecule has 1 aliphatic rings. The fourth-order valence-electron chi connectivity index (χ4n) is 3.05. The Bertz CT molecular complexity index is 454. The Morgan fingerprint density at radius 3 is 2.63 bits per heavy atom. The lowest BCUT2D eigenvalue weighted by atomic mass is 9.81. The van der Waals surface area contributed by atoms with Gasteiger partial charge in [-0.1, -0.05) is 44.5 Å². The first kappa shape index (κ1) is 14.1. The van der Waals surface area contributed by atoms with Gasteiger partial charge in [0.25, 0.3) is 0 Å². The zero-order valence-electron chi connectivity index (χ0n) is 11.9. The number of rotatable bonds is 4. The van der Waals surface area contributed by atoms with Gasteiger partial charge in [-0.3, -0.25) is 4.79 Å². The van der Waals surface area contributed by atoms with Gasteiger partial charge in [-0.05, 0) is 29.4 Å². The molecule has 0 heterocycles. The Hall–Kier alpha value is -1.35. The second kappa shape index (κ2) is 5.74. The number of carbonyl (C=O) groups excluding carboxylic acids is 1. The second-order valence-electron chi connectivity index (χ2n) is 6.12. The van der Waals surface area contributed by atoms with E-state index in [1.54, 1.807) is 0 Å². The number of hydrogen-bond acceptors (Lipinski definition) is 2. The molecule has 2 rings (SSSR count). The van der Waals surface area contributed by atoms with Crippen LogP contribution in [0, 0.1) is 11.3 Å². The van der Waals surface area contributed by atoms with Crippen LogP contribution in [-0.4, -0.2) is 5.91 Å². The maximum absolute atomic E-state index is 12.3. The van der Waals surface area contributed by atoms with Crippen LogP contribution in [0.2, 0.25) is 0 Å². The SMILES string of the molecule is CC1(C)CCCC1C(=O)NCc1ccccc1CN. The van der Waals surface area contributed by atoms with Crippen molar-refractivity contribution in [2.24, 2.45) is 17.1 Å². The van der Waals surface area contributed by atoms with E-state index in [-0.39, 0.29) is 17.2 Å². The molecule has 1 aromatic rings. The first-order valence-corrected chi connectivity index (χ1v) is 7.09. The van der Waals surface area contributed by atoms with E-state index in [4.69, 9.17) is 5.73 Å². The molecule has 1 fully saturated rings. The lowest BCUT2D eigenvalue weighted by Crippen LogP contribution is -2.36. The third-order valence-electron chi connectivity index (χ3n) is 4.37. The number of nitrogens with two attached hydrogens (primary N) is 1. The van der Waals surface area contributed by atoms with Crippen LogP contribution in [0.4, 0.5) is 0 Å². The minimum absolute atomic E-state index is 0.136. The quantitative estimate of drug-likeness (QED) is 0.874. The maximum atomic E-state index is 12.3. The molecule has 3 heteroatoms. The Labute approximate surface area is 115 Å². The van der Waals surface area contributed by atoms with Gasteiger partial charge in [-0.15, -0.1) is 0 Å². The van der Waals surface area contributed by atoms with Crippen molar-refractivity contribution in [3.63, 3.8) is 0 Å². The summed E-state index contributed by atoms with van der Waals surface area (Å²) in [5, 5.41) is 3.08. The molecule has 1 aliphatic carbocycles. The molecule has 1 aromatic carbocycles. The molecule has 0 bridgehead atoms. The van der Waals surface area contributed by atoms with Gasteiger partial charge in [0.2, 0.25) is 5.91 Å². The van der Waals surface area contributed by atoms with Crippen LogP contribution in [0.25, 0.3) is 0 Å². The van der Waals surface area contributed by atoms with Crippen LogP contribution in [0.5, 0.6) is 0 Å². The van der Waals surface area contributed by atoms with E-state index in [9.17, 15) is 4.79 Å². The van der Waals surface area contributed by atoms with Crippen LogP contribution in [0.15, 0.2) is 24.3 Å². The summed E-state index contributed by atoms with van der Waals surface area (Å²) in [6.45, 7) is 5.48. The molecule has 3 N–H and O–H groups in total. The van der Waals surface area contributed by atoms with Crippen molar-refractivity contribution >= 4 is 5.91 Å². The summed E-state index contributed by atoms with van der Waals surface area (Å²) in [5.74, 6) is 0.340. The maximum Gasteiger partial charge on any atom is 0.223 e. The lowest BCUT2D eigenvalue weighted by molar-refractivity contribution is -0.127. The van der Waals surface area contributed by atoms with Gasteiger partial charge in [0.1, 0.15) is 0 Å². The molecule has 19 heavy (non-hydrogen) atoms. The van der Waals surface area contributed by atoms with E-state index in [0.29, 0.717) is 13.1 Å². The number of amides is 1. The third kappa shape index (κ3) is 3.16. The van der Waals surface area contributed by atoms with E-state index >= 15 is 0 Å². The van der Waals surface area contributed by atoms with Crippen LogP contribution in [0.1, 0.15) is 44.2 Å². The topological polar surface area (TPSA) is 55.1 Å². The summed E-state index contributed by atoms with van der Waals surface area (Å²) >= 11 is 0. The number of hydrogen-bond donors (Lipinski definition) is 2. The summed E-state index contributed by atoms with van der Waals surface area (Å²) in [6, 6.07) is 8.01. The molecule has 0 saturated heterocycles. The average Bonchev–Trinajstić information content (AvgIpc) is 2.76. The molecule has 1 amide bonds. The Morgan fingerprint density at radius 2 is 2.05 bits per heavy atom. The summed E-state index contributed by atoms with van der Waals surface area (Å²) in [6.07, 6.45) is 3.31. The van der Waals surface area contributed by atoms with E-state index in [1.807, 2.05) is 24.3 Å². The van der Waals surface area contributed by atoms with Crippen LogP contribution in [-0.2, 0) is 17.9 Å². The number of carbonyl (C=O) groups is 1. The molecule has 0 radical (unpaired) electrons. The van der Waals surface area contributed by atoms with Gasteiger partial charge in [0.05, 0.1) is 0 Å². The van der Waals surface area contributed by atoms with Gasteiger partial charge in [0, 0.05) is 19.0 Å². The van der Waals surface area contributed by atoms with Gasteiger partial charge in [-0.2, -0.15) is 0 Å². The van der Waals surface area contributed by atoms with E-state index in [0.717, 1.165) is 30.4 Å². The predicted molar refractivity (Wildman–Crippen MR) is 77.3 cm³/mol. The third-order valence-corrected chi connectivity index (χ3v) is 4.37. The minimum Gasteiger partial charge on any atom is -0.352 e. The minimum atomic E-state index is 0.136. The molecule has 1 atom stereocenters. The van der Waals surface area contributed by atoms with Crippen molar-refractivity contribution < 1.29 is 4.79 Å². The Balaban J connectivity index is 1.97. The smallest absolute Gasteiger partial charge is 0.223 e. The Morgan fingerprint density at radius 1 is 1.37 bits per heavy atom. The van der Waals surface area contributed by atoms with Crippen LogP contribution in [0.3, 0.4) is 0 Å². The van der Waals surface area contributed by atoms with E-state index < -0.39 is 0 Å². The number of benzene rings is 1. The fourth-order valence-corrected chi connectivity index (χ4v) is 3.05. The molecule has 1 saturated carbocycles. The zero-order valence-corrected chi connectivity index (χ0v) is 11.9. The lowest BCUT2D eigenvalue weighted by Gasteiger charge is -2.26. The number of nitrogens with one attached hydrogen (secondary N) is 1. The summed E-state index contributed by atoms with van der Waals surface area (Å²) < 4.78 is 0. The van der Waals surface area contributed by atoms with Gasteiger partial charge < -0.3 is 11.1 Å². The molecular weight excluding hydrogens is 236 g/mol. The van der Waals surface area contributed by atoms with Gasteiger partial charge >= 0.3 is 0 Å². The molecule has 0 aromatic heterocycles. The van der Waals surface area contributed by atoms with Crippen molar-refractivity contribution in [2.75, 3.05) is 0 Å².